The van der Waals surface area contributed by atoms with Crippen LogP contribution < -0.4 is 10.1 Å². The van der Waals surface area contributed by atoms with E-state index in [1.807, 2.05) is 6.07 Å². The number of benzene rings is 1. The zero-order valence-electron chi connectivity index (χ0n) is 10.9. The molecule has 1 aromatic rings. The van der Waals surface area contributed by atoms with Crippen molar-refractivity contribution in [2.24, 2.45) is 0 Å². The highest BCUT2D eigenvalue weighted by Gasteiger charge is 2.05. The van der Waals surface area contributed by atoms with Crippen LogP contribution in [-0.2, 0) is 6.54 Å². The second-order valence-electron chi connectivity index (χ2n) is 4.25. The average Bonchev–Trinajstić information content (AvgIpc) is 2.30. The number of hydrogen-bond acceptors (Lipinski definition) is 2. The molecular weight excluding hydrogens is 278 g/mol. The van der Waals surface area contributed by atoms with Crippen LogP contribution in [0.15, 0.2) is 22.7 Å². The van der Waals surface area contributed by atoms with Gasteiger partial charge in [0, 0.05) is 11.0 Å². The predicted molar refractivity (Wildman–Crippen MR) is 76.5 cm³/mol. The maximum atomic E-state index is 5.88. The van der Waals surface area contributed by atoms with Crippen molar-refractivity contribution in [3.63, 3.8) is 0 Å². The van der Waals surface area contributed by atoms with Crippen LogP contribution in [0, 0.1) is 0 Å². The van der Waals surface area contributed by atoms with Crippen LogP contribution in [0.25, 0.3) is 0 Å². The topological polar surface area (TPSA) is 21.3 Å². The van der Waals surface area contributed by atoms with Crippen LogP contribution in [0.4, 0.5) is 0 Å². The minimum Gasteiger partial charge on any atom is -0.491 e. The molecule has 0 saturated heterocycles. The highest BCUT2D eigenvalue weighted by Crippen LogP contribution is 2.23. The fourth-order valence-electron chi connectivity index (χ4n) is 1.72. The van der Waals surface area contributed by atoms with Crippen molar-refractivity contribution in [1.29, 1.82) is 0 Å². The largest absolute Gasteiger partial charge is 0.491 e. The Balaban J connectivity index is 2.67. The summed E-state index contributed by atoms with van der Waals surface area (Å²) in [7, 11) is 0. The smallest absolute Gasteiger partial charge is 0.120 e. The molecule has 17 heavy (non-hydrogen) atoms. The first-order valence-corrected chi connectivity index (χ1v) is 7.12. The minimum atomic E-state index is 0.285. The van der Waals surface area contributed by atoms with Crippen molar-refractivity contribution in [2.45, 2.75) is 46.3 Å². The van der Waals surface area contributed by atoms with Gasteiger partial charge in [-0.2, -0.15) is 0 Å². The molecule has 1 unspecified atom stereocenters. The lowest BCUT2D eigenvalue weighted by Crippen LogP contribution is -2.13. The lowest BCUT2D eigenvalue weighted by atomic mass is 10.2. The van der Waals surface area contributed by atoms with Crippen LogP contribution >= 0.6 is 15.9 Å². The van der Waals surface area contributed by atoms with E-state index in [1.165, 1.54) is 5.56 Å². The van der Waals surface area contributed by atoms with Gasteiger partial charge in [-0.1, -0.05) is 36.2 Å². The van der Waals surface area contributed by atoms with E-state index in [0.717, 1.165) is 36.2 Å². The first-order chi connectivity index (χ1) is 8.17. The van der Waals surface area contributed by atoms with Crippen molar-refractivity contribution in [1.82, 2.24) is 5.32 Å². The van der Waals surface area contributed by atoms with Crippen molar-refractivity contribution in [3.05, 3.63) is 28.2 Å². The molecular formula is C14H22BrNO. The SMILES string of the molecule is CCCC(C)Oc1ccc(Br)c(CNCC)c1. The third-order valence-corrected chi connectivity index (χ3v) is 3.39. The number of nitrogens with one attached hydrogen (secondary N) is 1. The minimum absolute atomic E-state index is 0.285. The van der Waals surface area contributed by atoms with E-state index in [1.54, 1.807) is 0 Å². The van der Waals surface area contributed by atoms with Gasteiger partial charge >= 0.3 is 0 Å². The van der Waals surface area contributed by atoms with Gasteiger partial charge in [0.25, 0.3) is 0 Å². The van der Waals surface area contributed by atoms with Crippen LogP contribution in [0.1, 0.15) is 39.2 Å². The number of halogens is 1. The van der Waals surface area contributed by atoms with Gasteiger partial charge in [0.2, 0.25) is 0 Å². The fraction of sp³-hybridized carbons (Fsp3) is 0.571. The maximum Gasteiger partial charge on any atom is 0.120 e. The Morgan fingerprint density at radius 1 is 1.35 bits per heavy atom. The summed E-state index contributed by atoms with van der Waals surface area (Å²) in [5.41, 5.74) is 1.24. The monoisotopic (exact) mass is 299 g/mol. The molecule has 2 nitrogen and oxygen atoms in total. The molecule has 0 saturated carbocycles. The van der Waals surface area contributed by atoms with Crippen LogP contribution in [0.3, 0.4) is 0 Å². The second kappa shape index (κ2) is 7.72. The summed E-state index contributed by atoms with van der Waals surface area (Å²) in [6.07, 6.45) is 2.54. The zero-order chi connectivity index (χ0) is 12.7. The summed E-state index contributed by atoms with van der Waals surface area (Å²) >= 11 is 3.56. The Bertz CT molecular complexity index is 341. The summed E-state index contributed by atoms with van der Waals surface area (Å²) in [5, 5.41) is 3.33. The molecule has 1 N–H and O–H groups in total. The van der Waals surface area contributed by atoms with Gasteiger partial charge in [0.15, 0.2) is 0 Å². The molecule has 0 amide bonds. The van der Waals surface area contributed by atoms with Crippen LogP contribution in [-0.4, -0.2) is 12.6 Å². The van der Waals surface area contributed by atoms with Crippen molar-refractivity contribution in [3.8, 4) is 5.75 Å². The zero-order valence-corrected chi connectivity index (χ0v) is 12.5. The third-order valence-electron chi connectivity index (χ3n) is 2.62. The molecule has 0 bridgehead atoms. The van der Waals surface area contributed by atoms with Crippen molar-refractivity contribution >= 4 is 15.9 Å². The van der Waals surface area contributed by atoms with Gasteiger partial charge in [-0.3, -0.25) is 0 Å². The summed E-state index contributed by atoms with van der Waals surface area (Å²) in [5.74, 6) is 0.960. The van der Waals surface area contributed by atoms with E-state index < -0.39 is 0 Å². The summed E-state index contributed by atoms with van der Waals surface area (Å²) in [6, 6.07) is 6.19. The molecule has 1 rings (SSSR count). The molecule has 0 aliphatic rings. The summed E-state index contributed by atoms with van der Waals surface area (Å²) < 4.78 is 7.02. The second-order valence-corrected chi connectivity index (χ2v) is 5.11. The number of rotatable bonds is 7. The Morgan fingerprint density at radius 3 is 2.76 bits per heavy atom. The molecule has 0 aliphatic heterocycles. The lowest BCUT2D eigenvalue weighted by molar-refractivity contribution is 0.209. The van der Waals surface area contributed by atoms with E-state index in [2.05, 4.69) is 54.2 Å². The lowest BCUT2D eigenvalue weighted by Gasteiger charge is -2.15. The first kappa shape index (κ1) is 14.5. The van der Waals surface area contributed by atoms with Crippen molar-refractivity contribution in [2.75, 3.05) is 6.54 Å². The average molecular weight is 300 g/mol. The van der Waals surface area contributed by atoms with E-state index in [0.29, 0.717) is 0 Å². The quantitative estimate of drug-likeness (QED) is 0.817. The highest BCUT2D eigenvalue weighted by atomic mass is 79.9. The molecule has 96 valence electrons. The van der Waals surface area contributed by atoms with Gasteiger partial charge in [-0.15, -0.1) is 0 Å². The molecule has 0 fully saturated rings. The molecule has 3 heteroatoms. The molecule has 0 aliphatic carbocycles. The van der Waals surface area contributed by atoms with Crippen molar-refractivity contribution < 1.29 is 4.74 Å². The summed E-state index contributed by atoms with van der Waals surface area (Å²) in [4.78, 5) is 0. The molecule has 1 aromatic carbocycles. The molecule has 0 aromatic heterocycles. The standard InChI is InChI=1S/C14H22BrNO/c1-4-6-11(3)17-13-7-8-14(15)12(9-13)10-16-5-2/h7-9,11,16H,4-6,10H2,1-3H3. The Labute approximate surface area is 113 Å². The van der Waals surface area contributed by atoms with Gasteiger partial charge < -0.3 is 10.1 Å². The molecule has 1 atom stereocenters. The predicted octanol–water partition coefficient (Wildman–Crippen LogP) is 4.13. The Morgan fingerprint density at radius 2 is 2.12 bits per heavy atom. The van der Waals surface area contributed by atoms with E-state index in [4.69, 9.17) is 4.74 Å². The van der Waals surface area contributed by atoms with Gasteiger partial charge in [0.05, 0.1) is 6.10 Å². The molecule has 0 heterocycles. The highest BCUT2D eigenvalue weighted by molar-refractivity contribution is 9.10. The number of ether oxygens (including phenoxy) is 1. The summed E-state index contributed by atoms with van der Waals surface area (Å²) in [6.45, 7) is 8.26. The van der Waals surface area contributed by atoms with E-state index >= 15 is 0 Å². The fourth-order valence-corrected chi connectivity index (χ4v) is 2.10. The van der Waals surface area contributed by atoms with Crippen LogP contribution in [0.5, 0.6) is 5.75 Å². The van der Waals surface area contributed by atoms with Crippen LogP contribution in [0.2, 0.25) is 0 Å². The maximum absolute atomic E-state index is 5.88. The normalized spacial score (nSPS) is 12.5. The Hall–Kier alpha value is -0.540. The van der Waals surface area contributed by atoms with E-state index in [9.17, 15) is 0 Å². The Kier molecular flexibility index (Phi) is 6.60. The molecule has 0 spiro atoms. The van der Waals surface area contributed by atoms with Gasteiger partial charge in [-0.05, 0) is 43.7 Å². The van der Waals surface area contributed by atoms with E-state index in [-0.39, 0.29) is 6.10 Å². The molecule has 0 radical (unpaired) electrons. The third kappa shape index (κ3) is 5.09. The first-order valence-electron chi connectivity index (χ1n) is 6.33. The van der Waals surface area contributed by atoms with Gasteiger partial charge in [-0.25, -0.2) is 0 Å². The van der Waals surface area contributed by atoms with Gasteiger partial charge in [0.1, 0.15) is 5.75 Å². The number of hydrogen-bond donors (Lipinski definition) is 1.